The first-order valence-electron chi connectivity index (χ1n) is 7.86. The number of benzene rings is 1. The van der Waals surface area contributed by atoms with Gasteiger partial charge < -0.3 is 10.4 Å². The Morgan fingerprint density at radius 1 is 1.27 bits per heavy atom. The molecule has 3 rings (SSSR count). The van der Waals surface area contributed by atoms with Gasteiger partial charge in [-0.3, -0.25) is 14.5 Å². The average molecular weight is 302 g/mol. The number of carboxylic acid groups (broad SMARTS) is 1. The number of rotatable bonds is 6. The number of carbonyl (C=O) groups is 2. The van der Waals surface area contributed by atoms with Gasteiger partial charge in [0, 0.05) is 18.5 Å². The highest BCUT2D eigenvalue weighted by molar-refractivity contribution is 5.78. The van der Waals surface area contributed by atoms with Crippen molar-refractivity contribution >= 4 is 11.9 Å². The maximum Gasteiger partial charge on any atom is 0.307 e. The van der Waals surface area contributed by atoms with Crippen LogP contribution in [0, 0.1) is 5.92 Å². The van der Waals surface area contributed by atoms with E-state index in [-0.39, 0.29) is 17.2 Å². The Bertz CT molecular complexity index is 554. The summed E-state index contributed by atoms with van der Waals surface area (Å²) in [6.45, 7) is 2.14. The third-order valence-electron chi connectivity index (χ3n) is 4.85. The summed E-state index contributed by atoms with van der Waals surface area (Å²) in [5, 5.41) is 12.0. The van der Waals surface area contributed by atoms with Crippen molar-refractivity contribution in [3.05, 3.63) is 35.9 Å². The number of aliphatic carboxylic acids is 1. The first-order valence-corrected chi connectivity index (χ1v) is 7.86. The summed E-state index contributed by atoms with van der Waals surface area (Å²) in [6, 6.07) is 10.3. The predicted molar refractivity (Wildman–Crippen MR) is 82.5 cm³/mol. The van der Waals surface area contributed by atoms with Crippen molar-refractivity contribution in [1.82, 2.24) is 10.2 Å². The molecule has 1 aromatic carbocycles. The van der Waals surface area contributed by atoms with Crippen molar-refractivity contribution < 1.29 is 14.7 Å². The maximum atomic E-state index is 12.1. The maximum absolute atomic E-state index is 12.1. The number of nitrogens with one attached hydrogen (secondary N) is 1. The minimum Gasteiger partial charge on any atom is -0.481 e. The third kappa shape index (κ3) is 3.30. The molecule has 1 amide bonds. The molecule has 1 aromatic rings. The number of hydrogen-bond donors (Lipinski definition) is 2. The van der Waals surface area contributed by atoms with E-state index in [2.05, 4.69) is 17.4 Å². The monoisotopic (exact) mass is 302 g/mol. The molecule has 22 heavy (non-hydrogen) atoms. The fourth-order valence-electron chi connectivity index (χ4n) is 3.21. The topological polar surface area (TPSA) is 69.6 Å². The summed E-state index contributed by atoms with van der Waals surface area (Å²) in [6.07, 6.45) is 2.86. The zero-order valence-corrected chi connectivity index (χ0v) is 12.6. The SMILES string of the molecule is O=C(CN1CCC(C(=O)O)C1)NCC1(c2ccccc2)CC1. The quantitative estimate of drug-likeness (QED) is 0.829. The van der Waals surface area contributed by atoms with Gasteiger partial charge >= 0.3 is 5.97 Å². The average Bonchev–Trinajstić information content (AvgIpc) is 3.18. The van der Waals surface area contributed by atoms with E-state index in [0.29, 0.717) is 32.6 Å². The number of carboxylic acids is 1. The molecule has 2 aliphatic rings. The summed E-state index contributed by atoms with van der Waals surface area (Å²) in [5.74, 6) is -1.09. The van der Waals surface area contributed by atoms with Crippen LogP contribution in [0.5, 0.6) is 0 Å². The lowest BCUT2D eigenvalue weighted by Crippen LogP contribution is -2.39. The Morgan fingerprint density at radius 3 is 2.59 bits per heavy atom. The lowest BCUT2D eigenvalue weighted by atomic mass is 9.96. The van der Waals surface area contributed by atoms with Gasteiger partial charge in [-0.25, -0.2) is 0 Å². The lowest BCUT2D eigenvalue weighted by molar-refractivity contribution is -0.141. The van der Waals surface area contributed by atoms with Gasteiger partial charge in [0.25, 0.3) is 0 Å². The van der Waals surface area contributed by atoms with Gasteiger partial charge in [-0.1, -0.05) is 30.3 Å². The molecular weight excluding hydrogens is 280 g/mol. The van der Waals surface area contributed by atoms with E-state index < -0.39 is 5.97 Å². The normalized spacial score (nSPS) is 23.2. The van der Waals surface area contributed by atoms with Crippen LogP contribution in [0.2, 0.25) is 0 Å². The number of amides is 1. The van der Waals surface area contributed by atoms with E-state index in [4.69, 9.17) is 5.11 Å². The first kappa shape index (κ1) is 15.0. The molecule has 0 radical (unpaired) electrons. The van der Waals surface area contributed by atoms with Crippen molar-refractivity contribution in [2.75, 3.05) is 26.2 Å². The van der Waals surface area contributed by atoms with Crippen molar-refractivity contribution in [3.8, 4) is 0 Å². The number of nitrogens with zero attached hydrogens (tertiary/aromatic N) is 1. The highest BCUT2D eigenvalue weighted by Gasteiger charge is 2.44. The Kier molecular flexibility index (Phi) is 4.16. The van der Waals surface area contributed by atoms with Crippen LogP contribution in [0.1, 0.15) is 24.8 Å². The van der Waals surface area contributed by atoms with E-state index in [9.17, 15) is 9.59 Å². The largest absolute Gasteiger partial charge is 0.481 e. The fourth-order valence-corrected chi connectivity index (χ4v) is 3.21. The molecule has 1 heterocycles. The molecule has 118 valence electrons. The molecule has 0 bridgehead atoms. The van der Waals surface area contributed by atoms with Crippen LogP contribution in [0.15, 0.2) is 30.3 Å². The number of carbonyl (C=O) groups excluding carboxylic acids is 1. The molecule has 2 N–H and O–H groups in total. The minimum atomic E-state index is -0.760. The van der Waals surface area contributed by atoms with E-state index >= 15 is 0 Å². The first-order chi connectivity index (χ1) is 10.6. The van der Waals surface area contributed by atoms with E-state index in [1.54, 1.807) is 0 Å². The van der Waals surface area contributed by atoms with Crippen LogP contribution in [-0.4, -0.2) is 48.1 Å². The predicted octanol–water partition coefficient (Wildman–Crippen LogP) is 1.24. The van der Waals surface area contributed by atoms with E-state index in [0.717, 1.165) is 12.8 Å². The Hall–Kier alpha value is -1.88. The smallest absolute Gasteiger partial charge is 0.307 e. The Labute approximate surface area is 130 Å². The molecule has 1 aliphatic heterocycles. The van der Waals surface area contributed by atoms with Gasteiger partial charge in [0.1, 0.15) is 0 Å². The van der Waals surface area contributed by atoms with Crippen LogP contribution in [-0.2, 0) is 15.0 Å². The van der Waals surface area contributed by atoms with Crippen LogP contribution >= 0.6 is 0 Å². The van der Waals surface area contributed by atoms with Crippen molar-refractivity contribution in [3.63, 3.8) is 0 Å². The minimum absolute atomic E-state index is 0.00625. The number of likely N-dealkylation sites (tertiary alicyclic amines) is 1. The molecule has 5 heteroatoms. The van der Waals surface area contributed by atoms with Gasteiger partial charge in [0.15, 0.2) is 0 Å². The van der Waals surface area contributed by atoms with E-state index in [1.165, 1.54) is 5.56 Å². The van der Waals surface area contributed by atoms with Crippen LogP contribution < -0.4 is 5.32 Å². The van der Waals surface area contributed by atoms with Crippen molar-refractivity contribution in [1.29, 1.82) is 0 Å². The third-order valence-corrected chi connectivity index (χ3v) is 4.85. The number of hydrogen-bond acceptors (Lipinski definition) is 3. The summed E-state index contributed by atoms with van der Waals surface area (Å²) >= 11 is 0. The van der Waals surface area contributed by atoms with Gasteiger partial charge in [0.05, 0.1) is 12.5 Å². The highest BCUT2D eigenvalue weighted by atomic mass is 16.4. The van der Waals surface area contributed by atoms with Crippen LogP contribution in [0.4, 0.5) is 0 Å². The Balaban J connectivity index is 1.46. The molecule has 1 saturated heterocycles. The van der Waals surface area contributed by atoms with Gasteiger partial charge in [-0.2, -0.15) is 0 Å². The molecule has 0 spiro atoms. The molecule has 1 unspecified atom stereocenters. The van der Waals surface area contributed by atoms with Crippen LogP contribution in [0.25, 0.3) is 0 Å². The molecule has 1 saturated carbocycles. The second kappa shape index (κ2) is 6.08. The molecular formula is C17H22N2O3. The van der Waals surface area contributed by atoms with Gasteiger partial charge in [-0.05, 0) is 31.4 Å². The summed E-state index contributed by atoms with van der Waals surface area (Å²) in [5.41, 5.74) is 1.41. The van der Waals surface area contributed by atoms with Crippen LogP contribution in [0.3, 0.4) is 0 Å². The molecule has 0 aromatic heterocycles. The zero-order chi connectivity index (χ0) is 15.6. The molecule has 5 nitrogen and oxygen atoms in total. The summed E-state index contributed by atoms with van der Waals surface area (Å²) in [4.78, 5) is 24.9. The van der Waals surface area contributed by atoms with Crippen molar-refractivity contribution in [2.45, 2.75) is 24.7 Å². The second-order valence-electron chi connectivity index (χ2n) is 6.48. The van der Waals surface area contributed by atoms with Crippen molar-refractivity contribution in [2.24, 2.45) is 5.92 Å². The van der Waals surface area contributed by atoms with Gasteiger partial charge in [0.2, 0.25) is 5.91 Å². The van der Waals surface area contributed by atoms with E-state index in [1.807, 2.05) is 23.1 Å². The highest BCUT2D eigenvalue weighted by Crippen LogP contribution is 2.47. The molecule has 2 fully saturated rings. The zero-order valence-electron chi connectivity index (χ0n) is 12.6. The van der Waals surface area contributed by atoms with Gasteiger partial charge in [-0.15, -0.1) is 0 Å². The summed E-state index contributed by atoms with van der Waals surface area (Å²) < 4.78 is 0. The fraction of sp³-hybridized carbons (Fsp3) is 0.529. The molecule has 1 aliphatic carbocycles. The second-order valence-corrected chi connectivity index (χ2v) is 6.48. The standard InChI is InChI=1S/C17H22N2O3/c20-15(11-19-9-6-13(10-19)16(21)22)18-12-17(7-8-17)14-4-2-1-3-5-14/h1-5,13H,6-12H2,(H,18,20)(H,21,22). The lowest BCUT2D eigenvalue weighted by Gasteiger charge is -2.19. The summed E-state index contributed by atoms with van der Waals surface area (Å²) in [7, 11) is 0. The molecule has 1 atom stereocenters. The Morgan fingerprint density at radius 2 is 2.00 bits per heavy atom.